The molecule has 0 saturated heterocycles. The number of hydrogen-bond acceptors (Lipinski definition) is 4. The maximum atomic E-state index is 5.64. The van der Waals surface area contributed by atoms with E-state index in [1.54, 1.807) is 0 Å². The van der Waals surface area contributed by atoms with Gasteiger partial charge in [-0.25, -0.2) is 4.98 Å². The van der Waals surface area contributed by atoms with Gasteiger partial charge in [0, 0.05) is 12.5 Å². The molecule has 2 unspecified atom stereocenters. The molecule has 3 nitrogen and oxygen atoms in total. The lowest BCUT2D eigenvalue weighted by Crippen LogP contribution is -2.48. The van der Waals surface area contributed by atoms with Gasteiger partial charge in [-0.15, -0.1) is 11.3 Å². The van der Waals surface area contributed by atoms with E-state index in [1.807, 2.05) is 18.4 Å². The second kappa shape index (κ2) is 7.01. The standard InChI is InChI=1S/C16H28N2OS/c1-5-9-17-16(8-6-7-13(10-16)19-4)15-18-14(11-20-15)12(2)3/h11-13,17H,5-10H2,1-4H3. The number of hydrogen-bond donors (Lipinski definition) is 1. The number of nitrogens with one attached hydrogen (secondary N) is 1. The molecule has 0 bridgehead atoms. The fourth-order valence-electron chi connectivity index (χ4n) is 2.99. The molecule has 1 fully saturated rings. The van der Waals surface area contributed by atoms with Crippen molar-refractivity contribution in [3.63, 3.8) is 0 Å². The summed E-state index contributed by atoms with van der Waals surface area (Å²) in [6.07, 6.45) is 6.13. The highest BCUT2D eigenvalue weighted by Gasteiger charge is 2.40. The number of thiazole rings is 1. The van der Waals surface area contributed by atoms with Crippen molar-refractivity contribution in [3.8, 4) is 0 Å². The largest absolute Gasteiger partial charge is 0.381 e. The van der Waals surface area contributed by atoms with E-state index in [0.717, 1.165) is 19.4 Å². The van der Waals surface area contributed by atoms with Gasteiger partial charge in [-0.1, -0.05) is 20.8 Å². The minimum absolute atomic E-state index is 0.0345. The van der Waals surface area contributed by atoms with Crippen LogP contribution in [0.25, 0.3) is 0 Å². The first-order valence-electron chi connectivity index (χ1n) is 7.85. The van der Waals surface area contributed by atoms with E-state index < -0.39 is 0 Å². The molecule has 1 aliphatic rings. The highest BCUT2D eigenvalue weighted by molar-refractivity contribution is 7.09. The topological polar surface area (TPSA) is 34.2 Å². The van der Waals surface area contributed by atoms with Gasteiger partial charge in [-0.05, 0) is 44.6 Å². The molecule has 2 rings (SSSR count). The Balaban J connectivity index is 2.25. The zero-order valence-electron chi connectivity index (χ0n) is 13.2. The Morgan fingerprint density at radius 2 is 2.35 bits per heavy atom. The molecule has 4 heteroatoms. The molecule has 0 radical (unpaired) electrons. The molecule has 0 spiro atoms. The van der Waals surface area contributed by atoms with Gasteiger partial charge in [0.15, 0.2) is 0 Å². The van der Waals surface area contributed by atoms with Gasteiger partial charge in [-0.3, -0.25) is 0 Å². The van der Waals surface area contributed by atoms with Crippen LogP contribution in [0.1, 0.15) is 69.5 Å². The van der Waals surface area contributed by atoms with E-state index in [9.17, 15) is 0 Å². The first kappa shape index (κ1) is 15.9. The van der Waals surface area contributed by atoms with E-state index in [1.165, 1.54) is 30.0 Å². The Kier molecular flexibility index (Phi) is 5.58. The molecule has 1 N–H and O–H groups in total. The second-order valence-electron chi connectivity index (χ2n) is 6.20. The highest BCUT2D eigenvalue weighted by atomic mass is 32.1. The minimum Gasteiger partial charge on any atom is -0.381 e. The van der Waals surface area contributed by atoms with E-state index in [2.05, 4.69) is 31.5 Å². The van der Waals surface area contributed by atoms with Crippen LogP contribution in [0, 0.1) is 0 Å². The van der Waals surface area contributed by atoms with Crippen molar-refractivity contribution in [1.29, 1.82) is 0 Å². The van der Waals surface area contributed by atoms with Crippen LogP contribution < -0.4 is 5.32 Å². The molecule has 1 heterocycles. The van der Waals surface area contributed by atoms with Crippen LogP contribution in [-0.2, 0) is 10.3 Å². The summed E-state index contributed by atoms with van der Waals surface area (Å²) in [5.74, 6) is 0.505. The van der Waals surface area contributed by atoms with Crippen LogP contribution >= 0.6 is 11.3 Å². The Morgan fingerprint density at radius 1 is 1.55 bits per heavy atom. The summed E-state index contributed by atoms with van der Waals surface area (Å²) < 4.78 is 5.64. The normalized spacial score (nSPS) is 27.1. The van der Waals surface area contributed by atoms with Crippen LogP contribution in [0.5, 0.6) is 0 Å². The van der Waals surface area contributed by atoms with E-state index in [0.29, 0.717) is 12.0 Å². The maximum absolute atomic E-state index is 5.64. The zero-order valence-corrected chi connectivity index (χ0v) is 14.1. The molecule has 114 valence electrons. The average molecular weight is 296 g/mol. The average Bonchev–Trinajstić information content (AvgIpc) is 2.96. The van der Waals surface area contributed by atoms with Crippen LogP contribution in [0.3, 0.4) is 0 Å². The number of methoxy groups -OCH3 is 1. The number of ether oxygens (including phenoxy) is 1. The molecular weight excluding hydrogens is 268 g/mol. The number of rotatable bonds is 6. The molecule has 0 aliphatic heterocycles. The summed E-state index contributed by atoms with van der Waals surface area (Å²) in [6, 6.07) is 0. The van der Waals surface area contributed by atoms with Crippen molar-refractivity contribution in [3.05, 3.63) is 16.1 Å². The van der Waals surface area contributed by atoms with Gasteiger partial charge >= 0.3 is 0 Å². The van der Waals surface area contributed by atoms with E-state index >= 15 is 0 Å². The predicted molar refractivity (Wildman–Crippen MR) is 85.4 cm³/mol. The van der Waals surface area contributed by atoms with Crippen molar-refractivity contribution in [2.75, 3.05) is 13.7 Å². The molecule has 0 aromatic carbocycles. The number of aromatic nitrogens is 1. The van der Waals surface area contributed by atoms with E-state index in [-0.39, 0.29) is 5.54 Å². The third-order valence-electron chi connectivity index (χ3n) is 4.28. The summed E-state index contributed by atoms with van der Waals surface area (Å²) in [5.41, 5.74) is 1.26. The third-order valence-corrected chi connectivity index (χ3v) is 5.34. The second-order valence-corrected chi connectivity index (χ2v) is 7.05. The SMILES string of the molecule is CCCNC1(c2nc(C(C)C)cs2)CCCC(OC)C1. The molecule has 1 aromatic rings. The fraction of sp³-hybridized carbons (Fsp3) is 0.812. The highest BCUT2D eigenvalue weighted by Crippen LogP contribution is 2.40. The van der Waals surface area contributed by atoms with Gasteiger partial charge in [0.25, 0.3) is 0 Å². The predicted octanol–water partition coefficient (Wildman–Crippen LogP) is 4.05. The first-order valence-corrected chi connectivity index (χ1v) is 8.73. The van der Waals surface area contributed by atoms with Crippen molar-refractivity contribution >= 4 is 11.3 Å². The lowest BCUT2D eigenvalue weighted by Gasteiger charge is -2.40. The minimum atomic E-state index is 0.0345. The molecular formula is C16H28N2OS. The van der Waals surface area contributed by atoms with Crippen LogP contribution in [-0.4, -0.2) is 24.7 Å². The fourth-order valence-corrected chi connectivity index (χ4v) is 4.19. The first-order chi connectivity index (χ1) is 9.61. The molecule has 1 aromatic heterocycles. The quantitative estimate of drug-likeness (QED) is 0.860. The van der Waals surface area contributed by atoms with Gasteiger partial charge in [0.1, 0.15) is 5.01 Å². The number of nitrogens with zero attached hydrogens (tertiary/aromatic N) is 1. The Bertz CT molecular complexity index is 418. The summed E-state index contributed by atoms with van der Waals surface area (Å²) in [6.45, 7) is 7.69. The van der Waals surface area contributed by atoms with Crippen molar-refractivity contribution < 1.29 is 4.74 Å². The summed E-state index contributed by atoms with van der Waals surface area (Å²) in [5, 5.41) is 7.27. The van der Waals surface area contributed by atoms with Crippen molar-refractivity contribution in [2.45, 2.75) is 70.4 Å². The van der Waals surface area contributed by atoms with Crippen molar-refractivity contribution in [1.82, 2.24) is 10.3 Å². The van der Waals surface area contributed by atoms with Crippen LogP contribution in [0.2, 0.25) is 0 Å². The van der Waals surface area contributed by atoms with E-state index in [4.69, 9.17) is 9.72 Å². The monoisotopic (exact) mass is 296 g/mol. The zero-order chi connectivity index (χ0) is 14.6. The van der Waals surface area contributed by atoms with Crippen LogP contribution in [0.4, 0.5) is 0 Å². The summed E-state index contributed by atoms with van der Waals surface area (Å²) >= 11 is 1.82. The lowest BCUT2D eigenvalue weighted by molar-refractivity contribution is 0.0291. The maximum Gasteiger partial charge on any atom is 0.113 e. The molecule has 2 atom stereocenters. The third kappa shape index (κ3) is 3.41. The molecule has 1 saturated carbocycles. The summed E-state index contributed by atoms with van der Waals surface area (Å²) in [7, 11) is 1.84. The Hall–Kier alpha value is -0.450. The molecule has 20 heavy (non-hydrogen) atoms. The van der Waals surface area contributed by atoms with Gasteiger partial charge < -0.3 is 10.1 Å². The van der Waals surface area contributed by atoms with Crippen LogP contribution in [0.15, 0.2) is 5.38 Å². The van der Waals surface area contributed by atoms with Crippen molar-refractivity contribution in [2.24, 2.45) is 0 Å². The molecule has 1 aliphatic carbocycles. The molecule has 0 amide bonds. The Labute approximate surface area is 127 Å². The summed E-state index contributed by atoms with van der Waals surface area (Å²) in [4.78, 5) is 4.93. The Morgan fingerprint density at radius 3 is 2.95 bits per heavy atom. The smallest absolute Gasteiger partial charge is 0.113 e. The van der Waals surface area contributed by atoms with Gasteiger partial charge in [0.05, 0.1) is 17.3 Å². The van der Waals surface area contributed by atoms with Gasteiger partial charge in [-0.2, -0.15) is 0 Å². The van der Waals surface area contributed by atoms with Gasteiger partial charge in [0.2, 0.25) is 0 Å². The lowest BCUT2D eigenvalue weighted by atomic mass is 9.80.